The summed E-state index contributed by atoms with van der Waals surface area (Å²) in [7, 11) is 3.81. The molecule has 0 radical (unpaired) electrons. The molecular weight excluding hydrogens is 320 g/mol. The van der Waals surface area contributed by atoms with E-state index in [1.165, 1.54) is 0 Å². The summed E-state index contributed by atoms with van der Waals surface area (Å²) in [4.78, 5) is 14.7. The first-order chi connectivity index (χ1) is 12.1. The fraction of sp³-hybridized carbons (Fsp3) is 0.353. The van der Waals surface area contributed by atoms with Crippen LogP contribution in [0.15, 0.2) is 30.3 Å². The summed E-state index contributed by atoms with van der Waals surface area (Å²) in [6, 6.07) is 9.84. The summed E-state index contributed by atoms with van der Waals surface area (Å²) in [6.45, 7) is 1.95. The first-order valence-corrected chi connectivity index (χ1v) is 8.21. The van der Waals surface area contributed by atoms with Crippen molar-refractivity contribution in [3.8, 4) is 11.3 Å². The van der Waals surface area contributed by atoms with Gasteiger partial charge < -0.3 is 15.0 Å². The van der Waals surface area contributed by atoms with Crippen molar-refractivity contribution in [2.75, 3.05) is 32.1 Å². The number of nitrogens with zero attached hydrogens (tertiary/aromatic N) is 4. The lowest BCUT2D eigenvalue weighted by atomic mass is 10.1. The lowest BCUT2D eigenvalue weighted by Gasteiger charge is -2.28. The van der Waals surface area contributed by atoms with Crippen molar-refractivity contribution in [2.45, 2.75) is 6.10 Å². The van der Waals surface area contributed by atoms with E-state index in [0.717, 1.165) is 23.2 Å². The zero-order chi connectivity index (χ0) is 17.4. The van der Waals surface area contributed by atoms with Crippen molar-refractivity contribution in [3.05, 3.63) is 30.3 Å². The van der Waals surface area contributed by atoms with Gasteiger partial charge in [0, 0.05) is 25.7 Å². The van der Waals surface area contributed by atoms with Crippen LogP contribution in [0.5, 0.6) is 0 Å². The van der Waals surface area contributed by atoms with Gasteiger partial charge in [-0.05, 0) is 7.05 Å². The highest BCUT2D eigenvalue weighted by atomic mass is 16.5. The maximum atomic E-state index is 12.6. The van der Waals surface area contributed by atoms with E-state index in [9.17, 15) is 4.79 Å². The standard InChI is InChI=1S/C17H20N6O2/c1-22-8-9-25-12(10-22)17(24)18-15-13-14(11-6-4-3-5-7-11)21-23(2)16(13)20-19-15/h3-7,12H,8-10H2,1-2H3,(H2,18,19,20,24). The van der Waals surface area contributed by atoms with Gasteiger partial charge in [0.2, 0.25) is 0 Å². The number of anilines is 1. The molecular formula is C17H20N6O2. The van der Waals surface area contributed by atoms with Gasteiger partial charge in [-0.3, -0.25) is 9.89 Å². The molecule has 4 rings (SSSR count). The number of aromatic amines is 1. The number of aryl methyl sites for hydroxylation is 1. The maximum Gasteiger partial charge on any atom is 0.255 e. The van der Waals surface area contributed by atoms with Gasteiger partial charge in [0.1, 0.15) is 17.6 Å². The summed E-state index contributed by atoms with van der Waals surface area (Å²) in [6.07, 6.45) is -0.492. The molecule has 0 saturated carbocycles. The normalized spacial score (nSPS) is 18.6. The monoisotopic (exact) mass is 340 g/mol. The summed E-state index contributed by atoms with van der Waals surface area (Å²) in [5.74, 6) is 0.365. The molecule has 1 atom stereocenters. The van der Waals surface area contributed by atoms with Gasteiger partial charge in [0.05, 0.1) is 12.0 Å². The van der Waals surface area contributed by atoms with Gasteiger partial charge in [-0.25, -0.2) is 4.68 Å². The molecule has 0 bridgehead atoms. The highest BCUT2D eigenvalue weighted by Crippen LogP contribution is 2.31. The van der Waals surface area contributed by atoms with Gasteiger partial charge in [-0.15, -0.1) is 0 Å². The molecule has 3 aromatic rings. The number of rotatable bonds is 3. The molecule has 1 aromatic carbocycles. The van der Waals surface area contributed by atoms with Crippen LogP contribution in [0.2, 0.25) is 0 Å². The Morgan fingerprint density at radius 1 is 1.32 bits per heavy atom. The minimum atomic E-state index is -0.492. The van der Waals surface area contributed by atoms with Crippen LogP contribution in [0, 0.1) is 0 Å². The highest BCUT2D eigenvalue weighted by Gasteiger charge is 2.27. The molecule has 8 heteroatoms. The number of ether oxygens (including phenoxy) is 1. The van der Waals surface area contributed by atoms with E-state index in [1.807, 2.05) is 44.4 Å². The Morgan fingerprint density at radius 3 is 2.88 bits per heavy atom. The Morgan fingerprint density at radius 2 is 2.12 bits per heavy atom. The number of benzene rings is 1. The molecule has 1 amide bonds. The fourth-order valence-corrected chi connectivity index (χ4v) is 3.07. The van der Waals surface area contributed by atoms with Crippen LogP contribution in [-0.4, -0.2) is 63.6 Å². The summed E-state index contributed by atoms with van der Waals surface area (Å²) < 4.78 is 7.29. The van der Waals surface area contributed by atoms with E-state index in [4.69, 9.17) is 4.74 Å². The number of hydrogen-bond acceptors (Lipinski definition) is 5. The van der Waals surface area contributed by atoms with Crippen molar-refractivity contribution < 1.29 is 9.53 Å². The molecule has 0 spiro atoms. The lowest BCUT2D eigenvalue weighted by Crippen LogP contribution is -2.46. The minimum absolute atomic E-state index is 0.181. The predicted octanol–water partition coefficient (Wildman–Crippen LogP) is 1.23. The van der Waals surface area contributed by atoms with Gasteiger partial charge in [0.15, 0.2) is 5.65 Å². The van der Waals surface area contributed by atoms with Crippen LogP contribution in [-0.2, 0) is 16.6 Å². The lowest BCUT2D eigenvalue weighted by molar-refractivity contribution is -0.132. The number of hydrogen-bond donors (Lipinski definition) is 2. The van der Waals surface area contributed by atoms with Crippen molar-refractivity contribution in [3.63, 3.8) is 0 Å². The first kappa shape index (κ1) is 15.8. The zero-order valence-electron chi connectivity index (χ0n) is 14.2. The molecule has 2 aromatic heterocycles. The summed E-state index contributed by atoms with van der Waals surface area (Å²) in [5, 5.41) is 15.5. The largest absolute Gasteiger partial charge is 0.366 e. The summed E-state index contributed by atoms with van der Waals surface area (Å²) in [5.41, 5.74) is 2.44. The molecule has 8 nitrogen and oxygen atoms in total. The Labute approximate surface area is 144 Å². The van der Waals surface area contributed by atoms with Gasteiger partial charge >= 0.3 is 0 Å². The molecule has 2 N–H and O–H groups in total. The number of aromatic nitrogens is 4. The number of fused-ring (bicyclic) bond motifs is 1. The van der Waals surface area contributed by atoms with Crippen LogP contribution in [0.25, 0.3) is 22.3 Å². The van der Waals surface area contributed by atoms with Crippen LogP contribution in [0.4, 0.5) is 5.82 Å². The molecule has 1 aliphatic rings. The van der Waals surface area contributed by atoms with Crippen LogP contribution in [0.1, 0.15) is 0 Å². The Balaban J connectivity index is 1.67. The van der Waals surface area contributed by atoms with Gasteiger partial charge in [0.25, 0.3) is 5.91 Å². The number of nitrogens with one attached hydrogen (secondary N) is 2. The second-order valence-corrected chi connectivity index (χ2v) is 6.25. The molecule has 1 fully saturated rings. The van der Waals surface area contributed by atoms with Gasteiger partial charge in [-0.1, -0.05) is 30.3 Å². The number of amides is 1. The van der Waals surface area contributed by atoms with E-state index in [0.29, 0.717) is 24.6 Å². The van der Waals surface area contributed by atoms with E-state index >= 15 is 0 Å². The Bertz CT molecular complexity index is 901. The van der Waals surface area contributed by atoms with Crippen LogP contribution >= 0.6 is 0 Å². The van der Waals surface area contributed by atoms with E-state index in [-0.39, 0.29) is 5.91 Å². The third kappa shape index (κ3) is 2.90. The minimum Gasteiger partial charge on any atom is -0.366 e. The molecule has 3 heterocycles. The third-order valence-electron chi connectivity index (χ3n) is 4.40. The number of carbonyl (C=O) groups excluding carboxylic acids is 1. The quantitative estimate of drug-likeness (QED) is 0.749. The second-order valence-electron chi connectivity index (χ2n) is 6.25. The molecule has 1 unspecified atom stereocenters. The van der Waals surface area contributed by atoms with E-state index in [1.54, 1.807) is 4.68 Å². The third-order valence-corrected chi connectivity index (χ3v) is 4.40. The molecule has 1 aliphatic heterocycles. The average Bonchev–Trinajstić information content (AvgIpc) is 3.17. The zero-order valence-corrected chi connectivity index (χ0v) is 14.2. The average molecular weight is 340 g/mol. The Hall–Kier alpha value is -2.71. The molecule has 25 heavy (non-hydrogen) atoms. The SMILES string of the molecule is CN1CCOC(C(=O)Nc2[nH]nc3c2c(-c2ccccc2)nn3C)C1. The maximum absolute atomic E-state index is 12.6. The van der Waals surface area contributed by atoms with Crippen molar-refractivity contribution in [2.24, 2.45) is 7.05 Å². The topological polar surface area (TPSA) is 88.1 Å². The highest BCUT2D eigenvalue weighted by molar-refractivity contribution is 6.06. The summed E-state index contributed by atoms with van der Waals surface area (Å²) >= 11 is 0. The number of carbonyl (C=O) groups is 1. The molecule has 0 aliphatic carbocycles. The van der Waals surface area contributed by atoms with Crippen LogP contribution in [0.3, 0.4) is 0 Å². The number of H-pyrrole nitrogens is 1. The first-order valence-electron chi connectivity index (χ1n) is 8.21. The van der Waals surface area contributed by atoms with Crippen molar-refractivity contribution >= 4 is 22.8 Å². The Kier molecular flexibility index (Phi) is 3.98. The number of likely N-dealkylation sites (N-methyl/N-ethyl adjacent to an activating group) is 1. The van der Waals surface area contributed by atoms with Crippen molar-refractivity contribution in [1.29, 1.82) is 0 Å². The van der Waals surface area contributed by atoms with Crippen molar-refractivity contribution in [1.82, 2.24) is 24.9 Å². The van der Waals surface area contributed by atoms with E-state index < -0.39 is 6.10 Å². The molecule has 130 valence electrons. The van der Waals surface area contributed by atoms with E-state index in [2.05, 4.69) is 25.5 Å². The number of morpholine rings is 1. The predicted molar refractivity (Wildman–Crippen MR) is 94.2 cm³/mol. The van der Waals surface area contributed by atoms with Crippen LogP contribution < -0.4 is 5.32 Å². The fourth-order valence-electron chi connectivity index (χ4n) is 3.07. The second kappa shape index (κ2) is 6.30. The van der Waals surface area contributed by atoms with Gasteiger partial charge in [-0.2, -0.15) is 10.2 Å². The molecule has 1 saturated heterocycles. The smallest absolute Gasteiger partial charge is 0.255 e.